The van der Waals surface area contributed by atoms with Crippen LogP contribution >= 0.6 is 0 Å². The molecule has 6 heteroatoms. The van der Waals surface area contributed by atoms with Gasteiger partial charge in [-0.05, 0) is 58.7 Å². The van der Waals surface area contributed by atoms with Crippen LogP contribution in [-0.4, -0.2) is 19.3 Å². The number of fused-ring (bicyclic) bond motifs is 3. The molecule has 3 heterocycles. The smallest absolute Gasteiger partial charge is 0.509 e. The minimum atomic E-state index is -0.0334. The maximum Gasteiger partial charge on any atom is 2.00 e. The Hall–Kier alpha value is -4.47. The second-order valence-corrected chi connectivity index (χ2v) is 13.1. The number of para-hydroxylation sites is 1. The maximum absolute atomic E-state index is 8.32. The van der Waals surface area contributed by atoms with Gasteiger partial charge >= 0.3 is 21.1 Å². The van der Waals surface area contributed by atoms with Crippen LogP contribution in [0, 0.1) is 12.1 Å². The second kappa shape index (κ2) is 13.9. The Bertz CT molecular complexity index is 2250. The number of aryl methyl sites for hydroxylation is 1. The molecule has 0 aliphatic carbocycles. The topological polar surface area (TPSA) is 44.9 Å². The number of benzene rings is 4. The van der Waals surface area contributed by atoms with E-state index < -0.39 is 0 Å². The Balaban J connectivity index is 0.00000417. The van der Waals surface area contributed by atoms with E-state index in [2.05, 4.69) is 98.5 Å². The van der Waals surface area contributed by atoms with Crippen LogP contribution in [0.3, 0.4) is 0 Å². The molecule has 0 N–H and O–H groups in total. The van der Waals surface area contributed by atoms with E-state index in [1.807, 2.05) is 54.7 Å². The van der Waals surface area contributed by atoms with Crippen LogP contribution in [0.25, 0.3) is 44.4 Å². The number of rotatable bonds is 9. The summed E-state index contributed by atoms with van der Waals surface area (Å²) in [4.78, 5) is 4.78. The Kier molecular flexibility index (Phi) is 9.32. The molecule has 0 unspecified atom stereocenters. The van der Waals surface area contributed by atoms with Crippen molar-refractivity contribution in [3.63, 3.8) is 0 Å². The summed E-state index contributed by atoms with van der Waals surface area (Å²) >= 11 is 0. The van der Waals surface area contributed by atoms with Gasteiger partial charge in [0.05, 0.1) is 7.06 Å². The van der Waals surface area contributed by atoms with Crippen LogP contribution in [0.5, 0.6) is 11.5 Å². The van der Waals surface area contributed by atoms with Crippen molar-refractivity contribution in [1.82, 2.24) is 19.3 Å². The van der Waals surface area contributed by atoms with Crippen LogP contribution < -0.4 is 4.74 Å². The van der Waals surface area contributed by atoms with Crippen molar-refractivity contribution >= 4 is 21.8 Å². The zero-order valence-electron chi connectivity index (χ0n) is 29.1. The number of hydrogen-bond donors (Lipinski definition) is 0. The molecule has 0 amide bonds. The standard InChI is InChI=1S/C42H40N4O.Pt/c1-6-14-36-41(29-16-9-8-10-17-29)38(15-7-2)46(44-36)31-18-13-19-32(27-31)47-33-22-23-35-34-20-11-12-21-37(34)45(39(35)28-33)40-26-30(24-25-43-40)42(3,4)5;/h8-13,16-26H,6-7,14-15H2,1-5H3;/q-2;+2/i11D;. The third-order valence-electron chi connectivity index (χ3n) is 8.63. The predicted molar refractivity (Wildman–Crippen MR) is 192 cm³/mol. The van der Waals surface area contributed by atoms with Gasteiger partial charge in [-0.15, -0.1) is 35.7 Å². The minimum absolute atomic E-state index is 0. The van der Waals surface area contributed by atoms with Gasteiger partial charge in [-0.3, -0.25) is 4.68 Å². The summed E-state index contributed by atoms with van der Waals surface area (Å²) in [5.74, 6) is 1.97. The number of aromatic nitrogens is 4. The summed E-state index contributed by atoms with van der Waals surface area (Å²) < 4.78 is 19.0. The summed E-state index contributed by atoms with van der Waals surface area (Å²) in [6, 6.07) is 38.0. The Labute approximate surface area is 299 Å². The van der Waals surface area contributed by atoms with Crippen molar-refractivity contribution in [3.05, 3.63) is 132 Å². The molecule has 48 heavy (non-hydrogen) atoms. The van der Waals surface area contributed by atoms with Crippen LogP contribution in [0.1, 0.15) is 65.8 Å². The average Bonchev–Trinajstić information content (AvgIpc) is 3.60. The van der Waals surface area contributed by atoms with Crippen molar-refractivity contribution in [2.45, 2.75) is 65.7 Å². The Morgan fingerprint density at radius 1 is 0.812 bits per heavy atom. The molecular formula is C42H40N4OPt. The van der Waals surface area contributed by atoms with E-state index in [1.165, 1.54) is 22.4 Å². The SMILES string of the molecule is [2H]c1ccc2c(c1)c1ccc(Oc3[c-]c(-n4nc(CCC)c(-c5ccccc5)c4CCC)ccc3)[c-]c1n2-c1cc(C(C)(C)C)ccn1.[Pt+2]. The molecule has 0 bridgehead atoms. The molecule has 0 saturated heterocycles. The van der Waals surface area contributed by atoms with Gasteiger partial charge in [-0.2, -0.15) is 17.2 Å². The molecule has 0 aliphatic heterocycles. The number of pyridine rings is 1. The van der Waals surface area contributed by atoms with E-state index in [0.717, 1.165) is 64.7 Å². The largest absolute Gasteiger partial charge is 2.00 e. The summed E-state index contributed by atoms with van der Waals surface area (Å²) in [5.41, 5.74) is 8.54. The summed E-state index contributed by atoms with van der Waals surface area (Å²) in [6.07, 6.45) is 5.70. The van der Waals surface area contributed by atoms with Crippen molar-refractivity contribution in [2.24, 2.45) is 0 Å². The fraction of sp³-hybridized carbons (Fsp3) is 0.238. The summed E-state index contributed by atoms with van der Waals surface area (Å²) in [6.45, 7) is 11.0. The molecule has 3 aromatic heterocycles. The van der Waals surface area contributed by atoms with E-state index in [4.69, 9.17) is 16.2 Å². The molecule has 244 valence electrons. The van der Waals surface area contributed by atoms with Crippen molar-refractivity contribution in [3.8, 4) is 34.1 Å². The van der Waals surface area contributed by atoms with E-state index >= 15 is 0 Å². The van der Waals surface area contributed by atoms with Crippen molar-refractivity contribution in [2.75, 3.05) is 0 Å². The first-order valence-corrected chi connectivity index (χ1v) is 16.6. The van der Waals surface area contributed by atoms with E-state index in [1.54, 1.807) is 0 Å². The molecule has 5 nitrogen and oxygen atoms in total. The van der Waals surface area contributed by atoms with E-state index in [0.29, 0.717) is 17.5 Å². The molecule has 0 spiro atoms. The minimum Gasteiger partial charge on any atom is -0.509 e. The van der Waals surface area contributed by atoms with E-state index in [9.17, 15) is 0 Å². The number of ether oxygens (including phenoxy) is 1. The third-order valence-corrected chi connectivity index (χ3v) is 8.63. The van der Waals surface area contributed by atoms with Crippen LogP contribution in [0.2, 0.25) is 0 Å². The fourth-order valence-electron chi connectivity index (χ4n) is 6.37. The molecule has 0 fully saturated rings. The number of nitrogens with zero attached hydrogens (tertiary/aromatic N) is 4. The Morgan fingerprint density at radius 2 is 1.60 bits per heavy atom. The van der Waals surface area contributed by atoms with Crippen molar-refractivity contribution < 1.29 is 27.2 Å². The molecule has 7 rings (SSSR count). The van der Waals surface area contributed by atoms with Gasteiger partial charge in [-0.25, -0.2) is 4.98 Å². The van der Waals surface area contributed by atoms with E-state index in [-0.39, 0.29) is 26.5 Å². The molecule has 4 aromatic carbocycles. The van der Waals surface area contributed by atoms with Crippen LogP contribution in [0.15, 0.2) is 103 Å². The summed E-state index contributed by atoms with van der Waals surface area (Å²) in [5, 5.41) is 7.12. The maximum atomic E-state index is 8.32. The fourth-order valence-corrected chi connectivity index (χ4v) is 6.37. The normalized spacial score (nSPS) is 11.9. The van der Waals surface area contributed by atoms with Crippen LogP contribution in [0.4, 0.5) is 0 Å². The van der Waals surface area contributed by atoms with Gasteiger partial charge < -0.3 is 9.30 Å². The van der Waals surface area contributed by atoms with Gasteiger partial charge in [0.1, 0.15) is 5.82 Å². The molecule has 0 saturated carbocycles. The van der Waals surface area contributed by atoms with Gasteiger partial charge in [0.25, 0.3) is 0 Å². The quantitative estimate of drug-likeness (QED) is 0.136. The van der Waals surface area contributed by atoms with Gasteiger partial charge in [0, 0.05) is 34.5 Å². The molecule has 7 aromatic rings. The van der Waals surface area contributed by atoms with Gasteiger partial charge in [0.2, 0.25) is 0 Å². The molecular weight excluding hydrogens is 772 g/mol. The predicted octanol–water partition coefficient (Wildman–Crippen LogP) is 10.6. The zero-order chi connectivity index (χ0) is 33.4. The molecule has 0 aliphatic rings. The van der Waals surface area contributed by atoms with Crippen LogP contribution in [-0.2, 0) is 39.3 Å². The summed E-state index contributed by atoms with van der Waals surface area (Å²) in [7, 11) is 0. The average molecular weight is 813 g/mol. The van der Waals surface area contributed by atoms with Gasteiger partial charge in [0.15, 0.2) is 0 Å². The first-order valence-electron chi connectivity index (χ1n) is 17.1. The van der Waals surface area contributed by atoms with Gasteiger partial charge in [-0.1, -0.05) is 101 Å². The molecule has 0 atom stereocenters. The second-order valence-electron chi connectivity index (χ2n) is 13.1. The zero-order valence-corrected chi connectivity index (χ0v) is 30.4. The Morgan fingerprint density at radius 3 is 2.38 bits per heavy atom. The van der Waals surface area contributed by atoms with Crippen molar-refractivity contribution in [1.29, 1.82) is 0 Å². The first kappa shape index (κ1) is 32.1. The monoisotopic (exact) mass is 812 g/mol. The molecule has 0 radical (unpaired) electrons. The number of hydrogen-bond acceptors (Lipinski definition) is 3. The first-order chi connectivity index (χ1) is 23.2. The third kappa shape index (κ3) is 6.36.